The third-order valence-corrected chi connectivity index (χ3v) is 3.81. The van der Waals surface area contributed by atoms with Crippen molar-refractivity contribution >= 4 is 38.2 Å². The van der Waals surface area contributed by atoms with Crippen LogP contribution in [0.3, 0.4) is 0 Å². The molecule has 0 spiro atoms. The number of H-pyrrole nitrogens is 1. The van der Waals surface area contributed by atoms with Crippen LogP contribution < -0.4 is 10.0 Å². The molecule has 24 heavy (non-hydrogen) atoms. The van der Waals surface area contributed by atoms with Gasteiger partial charge in [0.25, 0.3) is 5.91 Å². The SMILES string of the molecule is CS(=O)(=O)Nc1cc(C(=O)Nc2ccc3cn[nH]c3c2)ccc1F. The van der Waals surface area contributed by atoms with Crippen molar-refractivity contribution in [2.75, 3.05) is 16.3 Å². The topological polar surface area (TPSA) is 104 Å². The predicted octanol–water partition coefficient (Wildman–Crippen LogP) is 2.33. The highest BCUT2D eigenvalue weighted by molar-refractivity contribution is 7.92. The summed E-state index contributed by atoms with van der Waals surface area (Å²) in [6, 6.07) is 8.64. The van der Waals surface area contributed by atoms with Crippen LogP contribution in [0.2, 0.25) is 0 Å². The van der Waals surface area contributed by atoms with Gasteiger partial charge in [0, 0.05) is 16.6 Å². The van der Waals surface area contributed by atoms with E-state index in [0.717, 1.165) is 29.3 Å². The van der Waals surface area contributed by atoms with Crippen molar-refractivity contribution in [3.63, 3.8) is 0 Å². The van der Waals surface area contributed by atoms with E-state index in [9.17, 15) is 17.6 Å². The Hall–Kier alpha value is -2.94. The molecule has 0 aliphatic heterocycles. The van der Waals surface area contributed by atoms with Crippen LogP contribution in [0.4, 0.5) is 15.8 Å². The average molecular weight is 348 g/mol. The van der Waals surface area contributed by atoms with E-state index in [2.05, 4.69) is 15.5 Å². The van der Waals surface area contributed by atoms with Gasteiger partial charge in [-0.05, 0) is 36.4 Å². The molecular formula is C15H13FN4O3S. The Morgan fingerprint density at radius 1 is 1.21 bits per heavy atom. The second-order valence-electron chi connectivity index (χ2n) is 5.20. The zero-order valence-corrected chi connectivity index (χ0v) is 13.3. The van der Waals surface area contributed by atoms with E-state index in [1.807, 2.05) is 4.72 Å². The number of rotatable bonds is 4. The first-order valence-corrected chi connectivity index (χ1v) is 8.73. The van der Waals surface area contributed by atoms with Crippen LogP contribution in [0, 0.1) is 5.82 Å². The number of nitrogens with one attached hydrogen (secondary N) is 3. The van der Waals surface area contributed by atoms with Crippen molar-refractivity contribution in [3.8, 4) is 0 Å². The summed E-state index contributed by atoms with van der Waals surface area (Å²) >= 11 is 0. The second-order valence-corrected chi connectivity index (χ2v) is 6.94. The van der Waals surface area contributed by atoms with Gasteiger partial charge in [-0.25, -0.2) is 12.8 Å². The Morgan fingerprint density at radius 2 is 2.00 bits per heavy atom. The van der Waals surface area contributed by atoms with Crippen molar-refractivity contribution < 1.29 is 17.6 Å². The zero-order chi connectivity index (χ0) is 17.3. The molecule has 3 aromatic rings. The molecule has 0 bridgehead atoms. The molecule has 1 amide bonds. The number of carbonyl (C=O) groups is 1. The third-order valence-electron chi connectivity index (χ3n) is 3.22. The van der Waals surface area contributed by atoms with Crippen molar-refractivity contribution in [1.29, 1.82) is 0 Å². The number of carbonyl (C=O) groups excluding carboxylic acids is 1. The molecule has 1 aromatic heterocycles. The molecule has 0 atom stereocenters. The Morgan fingerprint density at radius 3 is 2.75 bits per heavy atom. The molecule has 3 rings (SSSR count). The molecule has 0 fully saturated rings. The lowest BCUT2D eigenvalue weighted by atomic mass is 10.1. The highest BCUT2D eigenvalue weighted by atomic mass is 32.2. The van der Waals surface area contributed by atoms with Crippen molar-refractivity contribution in [2.45, 2.75) is 0 Å². The number of fused-ring (bicyclic) bond motifs is 1. The van der Waals surface area contributed by atoms with Crippen molar-refractivity contribution in [1.82, 2.24) is 10.2 Å². The smallest absolute Gasteiger partial charge is 0.255 e. The van der Waals surface area contributed by atoms with Crippen LogP contribution in [0.1, 0.15) is 10.4 Å². The van der Waals surface area contributed by atoms with Gasteiger partial charge < -0.3 is 5.32 Å². The molecule has 0 saturated carbocycles. The van der Waals surface area contributed by atoms with Crippen LogP contribution in [-0.2, 0) is 10.0 Å². The molecule has 0 saturated heterocycles. The monoisotopic (exact) mass is 348 g/mol. The molecule has 0 unspecified atom stereocenters. The van der Waals surface area contributed by atoms with Crippen LogP contribution in [0.25, 0.3) is 10.9 Å². The van der Waals surface area contributed by atoms with E-state index in [4.69, 9.17) is 0 Å². The third kappa shape index (κ3) is 3.51. The summed E-state index contributed by atoms with van der Waals surface area (Å²) in [5.41, 5.74) is 1.12. The minimum atomic E-state index is -3.65. The lowest BCUT2D eigenvalue weighted by Crippen LogP contribution is -2.15. The summed E-state index contributed by atoms with van der Waals surface area (Å²) in [6.07, 6.45) is 2.56. The molecule has 0 aliphatic carbocycles. The largest absolute Gasteiger partial charge is 0.322 e. The van der Waals surface area contributed by atoms with E-state index >= 15 is 0 Å². The number of nitrogens with zero attached hydrogens (tertiary/aromatic N) is 1. The fraction of sp³-hybridized carbons (Fsp3) is 0.0667. The first kappa shape index (κ1) is 15.9. The fourth-order valence-corrected chi connectivity index (χ4v) is 2.72. The van der Waals surface area contributed by atoms with Gasteiger partial charge in [0.2, 0.25) is 10.0 Å². The maximum absolute atomic E-state index is 13.7. The zero-order valence-electron chi connectivity index (χ0n) is 12.5. The summed E-state index contributed by atoms with van der Waals surface area (Å²) in [4.78, 5) is 12.3. The quantitative estimate of drug-likeness (QED) is 0.673. The highest BCUT2D eigenvalue weighted by Gasteiger charge is 2.13. The summed E-state index contributed by atoms with van der Waals surface area (Å²) in [7, 11) is -3.65. The number of benzene rings is 2. The fourth-order valence-electron chi connectivity index (χ4n) is 2.16. The number of aromatic nitrogens is 2. The summed E-state index contributed by atoms with van der Waals surface area (Å²) in [6.45, 7) is 0. The normalized spacial score (nSPS) is 11.4. The molecule has 124 valence electrons. The summed E-state index contributed by atoms with van der Waals surface area (Å²) < 4.78 is 38.2. The molecule has 7 nitrogen and oxygen atoms in total. The van der Waals surface area contributed by atoms with E-state index in [-0.39, 0.29) is 11.3 Å². The Balaban J connectivity index is 1.85. The molecule has 3 N–H and O–H groups in total. The van der Waals surface area contributed by atoms with E-state index in [0.29, 0.717) is 5.69 Å². The molecule has 9 heteroatoms. The second kappa shape index (κ2) is 5.93. The van der Waals surface area contributed by atoms with Crippen LogP contribution in [-0.4, -0.2) is 30.8 Å². The maximum atomic E-state index is 13.7. The van der Waals surface area contributed by atoms with E-state index in [1.54, 1.807) is 24.4 Å². The Bertz CT molecular complexity index is 1030. The van der Waals surface area contributed by atoms with Crippen LogP contribution in [0.5, 0.6) is 0 Å². The predicted molar refractivity (Wildman–Crippen MR) is 88.9 cm³/mol. The highest BCUT2D eigenvalue weighted by Crippen LogP contribution is 2.20. The van der Waals surface area contributed by atoms with Gasteiger partial charge in [-0.15, -0.1) is 0 Å². The average Bonchev–Trinajstić information content (AvgIpc) is 2.95. The van der Waals surface area contributed by atoms with Gasteiger partial charge >= 0.3 is 0 Å². The van der Waals surface area contributed by atoms with E-state index in [1.165, 1.54) is 6.07 Å². The lowest BCUT2D eigenvalue weighted by Gasteiger charge is -2.09. The maximum Gasteiger partial charge on any atom is 0.255 e. The minimum Gasteiger partial charge on any atom is -0.322 e. The van der Waals surface area contributed by atoms with Crippen LogP contribution >= 0.6 is 0 Å². The standard InChI is InChI=1S/C15H13FN4O3S/c1-24(22,23)20-14-6-9(3-5-12(14)16)15(21)18-11-4-2-10-8-17-19-13(10)7-11/h2-8,20H,1H3,(H,17,19)(H,18,21). The number of halogens is 1. The number of sulfonamides is 1. The first-order valence-electron chi connectivity index (χ1n) is 6.84. The molecule has 0 aliphatic rings. The first-order chi connectivity index (χ1) is 11.3. The molecule has 2 aromatic carbocycles. The van der Waals surface area contributed by atoms with Gasteiger partial charge in [0.05, 0.1) is 23.7 Å². The molecule has 0 radical (unpaired) electrons. The number of anilines is 2. The van der Waals surface area contributed by atoms with Gasteiger partial charge in [-0.2, -0.15) is 5.10 Å². The summed E-state index contributed by atoms with van der Waals surface area (Å²) in [5.74, 6) is -1.26. The number of aromatic amines is 1. The Kier molecular flexibility index (Phi) is 3.94. The number of hydrogen-bond acceptors (Lipinski definition) is 4. The minimum absolute atomic E-state index is 0.118. The van der Waals surface area contributed by atoms with Crippen LogP contribution in [0.15, 0.2) is 42.6 Å². The van der Waals surface area contributed by atoms with Gasteiger partial charge in [-0.1, -0.05) is 0 Å². The van der Waals surface area contributed by atoms with Gasteiger partial charge in [0.15, 0.2) is 0 Å². The number of hydrogen-bond donors (Lipinski definition) is 3. The number of amides is 1. The van der Waals surface area contributed by atoms with Crippen molar-refractivity contribution in [3.05, 3.63) is 54.0 Å². The molecular weight excluding hydrogens is 335 g/mol. The molecule has 1 heterocycles. The summed E-state index contributed by atoms with van der Waals surface area (Å²) in [5, 5.41) is 10.2. The lowest BCUT2D eigenvalue weighted by molar-refractivity contribution is 0.102. The van der Waals surface area contributed by atoms with Crippen molar-refractivity contribution in [2.24, 2.45) is 0 Å². The van der Waals surface area contributed by atoms with Gasteiger partial charge in [0.1, 0.15) is 5.82 Å². The Labute approximate surface area is 136 Å². The van der Waals surface area contributed by atoms with E-state index < -0.39 is 21.7 Å². The van der Waals surface area contributed by atoms with Gasteiger partial charge in [-0.3, -0.25) is 14.6 Å².